The van der Waals surface area contributed by atoms with E-state index in [0.717, 1.165) is 12.1 Å². The van der Waals surface area contributed by atoms with E-state index >= 15 is 0 Å². The molecular formula is C16H8F14O5. The van der Waals surface area contributed by atoms with Crippen molar-refractivity contribution in [1.29, 1.82) is 0 Å². The number of benzene rings is 1. The summed E-state index contributed by atoms with van der Waals surface area (Å²) in [5.41, 5.74) is 0. The maximum atomic E-state index is 13.3. The molecule has 0 saturated carbocycles. The average Bonchev–Trinajstić information content (AvgIpc) is 2.69. The second-order valence-corrected chi connectivity index (χ2v) is 6.11. The zero-order chi connectivity index (χ0) is 27.7. The maximum Gasteiger partial charge on any atom is 0.460 e. The molecule has 0 N–H and O–H groups in total. The van der Waals surface area contributed by atoms with Crippen LogP contribution in [0.15, 0.2) is 24.3 Å². The van der Waals surface area contributed by atoms with Gasteiger partial charge < -0.3 is 14.2 Å². The smallest absolute Gasteiger partial charge is 0.460 e. The van der Waals surface area contributed by atoms with Crippen LogP contribution in [0.5, 0.6) is 11.5 Å². The lowest BCUT2D eigenvalue weighted by Crippen LogP contribution is -2.57. The molecule has 0 amide bonds. The van der Waals surface area contributed by atoms with Crippen LogP contribution in [0.2, 0.25) is 0 Å². The Morgan fingerprint density at radius 1 is 0.600 bits per heavy atom. The Morgan fingerprint density at radius 3 is 1.43 bits per heavy atom. The molecule has 35 heavy (non-hydrogen) atoms. The quantitative estimate of drug-likeness (QED) is 0.185. The van der Waals surface area contributed by atoms with Crippen molar-refractivity contribution < 1.29 is 85.3 Å². The highest BCUT2D eigenvalue weighted by Crippen LogP contribution is 2.48. The van der Waals surface area contributed by atoms with E-state index < -0.39 is 72.7 Å². The Bertz CT molecular complexity index is 922. The van der Waals surface area contributed by atoms with Crippen molar-refractivity contribution >= 4 is 11.9 Å². The zero-order valence-electron chi connectivity index (χ0n) is 16.1. The minimum atomic E-state index is -6.87. The van der Waals surface area contributed by atoms with Crippen LogP contribution < -0.4 is 9.47 Å². The maximum absolute atomic E-state index is 13.3. The van der Waals surface area contributed by atoms with Crippen molar-refractivity contribution in [2.24, 2.45) is 0 Å². The van der Waals surface area contributed by atoms with Crippen LogP contribution in [0.3, 0.4) is 0 Å². The van der Waals surface area contributed by atoms with Crippen molar-refractivity contribution in [1.82, 2.24) is 0 Å². The second-order valence-electron chi connectivity index (χ2n) is 6.11. The highest BCUT2D eigenvalue weighted by molar-refractivity contribution is 5.82. The Kier molecular flexibility index (Phi) is 8.19. The van der Waals surface area contributed by atoms with Crippen LogP contribution in [-0.2, 0) is 14.3 Å². The van der Waals surface area contributed by atoms with E-state index in [1.165, 1.54) is 0 Å². The first kappa shape index (κ1) is 30.0. The number of alkyl halides is 14. The minimum absolute atomic E-state index is 0.513. The lowest BCUT2D eigenvalue weighted by Gasteiger charge is -2.26. The number of hydrogen-bond acceptors (Lipinski definition) is 5. The summed E-state index contributed by atoms with van der Waals surface area (Å²) in [6, 6.07) is 3.00. The fourth-order valence-electron chi connectivity index (χ4n) is 1.81. The van der Waals surface area contributed by atoms with E-state index in [9.17, 15) is 71.1 Å². The van der Waals surface area contributed by atoms with Crippen LogP contribution in [0.4, 0.5) is 61.5 Å². The summed E-state index contributed by atoms with van der Waals surface area (Å²) < 4.78 is 188. The van der Waals surface area contributed by atoms with Gasteiger partial charge in [0.25, 0.3) is 0 Å². The summed E-state index contributed by atoms with van der Waals surface area (Å²) in [4.78, 5) is 22.2. The first-order valence-corrected chi connectivity index (χ1v) is 8.28. The summed E-state index contributed by atoms with van der Waals surface area (Å²) >= 11 is 0. The lowest BCUT2D eigenvalue weighted by molar-refractivity contribution is -0.348. The van der Waals surface area contributed by atoms with Gasteiger partial charge in [0, 0.05) is 0 Å². The predicted molar refractivity (Wildman–Crippen MR) is 80.4 cm³/mol. The third kappa shape index (κ3) is 5.80. The van der Waals surface area contributed by atoms with Gasteiger partial charge in [0.1, 0.15) is 13.2 Å². The number of carbonyl (C=O) groups excluding carboxylic acids is 2. The van der Waals surface area contributed by atoms with Gasteiger partial charge in [-0.1, -0.05) is 12.1 Å². The normalized spacial score (nSPS) is 13.9. The highest BCUT2D eigenvalue weighted by Gasteiger charge is 2.78. The number of hydrogen-bond donors (Lipinski definition) is 0. The third-order valence-corrected chi connectivity index (χ3v) is 3.64. The van der Waals surface area contributed by atoms with E-state index in [2.05, 4.69) is 14.2 Å². The third-order valence-electron chi connectivity index (χ3n) is 3.64. The molecule has 0 radical (unpaired) electrons. The summed E-state index contributed by atoms with van der Waals surface area (Å²) in [6.07, 6.45) is -13.7. The number of carbonyl (C=O) groups is 2. The molecule has 0 saturated heterocycles. The van der Waals surface area contributed by atoms with Crippen molar-refractivity contribution in [2.75, 3.05) is 13.2 Å². The van der Waals surface area contributed by atoms with E-state index in [1.807, 2.05) is 0 Å². The number of halogens is 14. The molecule has 1 rings (SSSR count). The second kappa shape index (κ2) is 9.56. The monoisotopic (exact) mass is 546 g/mol. The van der Waals surface area contributed by atoms with Gasteiger partial charge in [0.15, 0.2) is 11.5 Å². The first-order valence-electron chi connectivity index (χ1n) is 8.28. The van der Waals surface area contributed by atoms with Crippen LogP contribution in [0.1, 0.15) is 0 Å². The van der Waals surface area contributed by atoms with Gasteiger partial charge in [0.05, 0.1) is 0 Å². The molecule has 5 nitrogen and oxygen atoms in total. The molecule has 0 spiro atoms. The summed E-state index contributed by atoms with van der Waals surface area (Å²) in [5.74, 6) is -35.5. The Labute approximate surface area is 183 Å². The highest BCUT2D eigenvalue weighted by atomic mass is 19.4. The van der Waals surface area contributed by atoms with Crippen molar-refractivity contribution in [3.8, 4) is 11.5 Å². The molecule has 19 heteroatoms. The summed E-state index contributed by atoms with van der Waals surface area (Å²) in [7, 11) is 0. The van der Waals surface area contributed by atoms with E-state index in [1.54, 1.807) is 0 Å². The number of esters is 2. The zero-order valence-corrected chi connectivity index (χ0v) is 16.1. The molecule has 0 bridgehead atoms. The summed E-state index contributed by atoms with van der Waals surface area (Å²) in [6.45, 7) is -2.71. The van der Waals surface area contributed by atoms with Gasteiger partial charge >= 0.3 is 48.0 Å². The van der Waals surface area contributed by atoms with Gasteiger partial charge in [-0.15, -0.1) is 0 Å². The van der Waals surface area contributed by atoms with Crippen LogP contribution in [0.25, 0.3) is 0 Å². The topological polar surface area (TPSA) is 61.8 Å². The van der Waals surface area contributed by atoms with Crippen molar-refractivity contribution in [3.05, 3.63) is 24.3 Å². The van der Waals surface area contributed by atoms with Crippen LogP contribution in [0, 0.1) is 0 Å². The van der Waals surface area contributed by atoms with E-state index in [4.69, 9.17) is 0 Å². The van der Waals surface area contributed by atoms with Crippen molar-refractivity contribution in [2.45, 2.75) is 36.0 Å². The molecule has 0 atom stereocenters. The van der Waals surface area contributed by atoms with Gasteiger partial charge in [-0.05, 0) is 12.1 Å². The van der Waals surface area contributed by atoms with Crippen LogP contribution >= 0.6 is 0 Å². The Balaban J connectivity index is 2.87. The van der Waals surface area contributed by atoms with Gasteiger partial charge in [0.2, 0.25) is 0 Å². The molecule has 0 aliphatic rings. The number of rotatable bonds is 9. The standard InChI is InChI=1S/C16H8F14O5/c17-11(18,13(21,22)15(25,26)27)9(31)34-6-5-33-7-3-1-2-4-8(7)35-10(32)12(19,20)14(23,24)16(28,29)30/h1-4H,5-6H2. The molecule has 1 aromatic carbocycles. The molecule has 1 aromatic rings. The Hall–Kier alpha value is -3.02. The van der Waals surface area contributed by atoms with Gasteiger partial charge in [-0.25, -0.2) is 9.59 Å². The van der Waals surface area contributed by atoms with Crippen molar-refractivity contribution in [3.63, 3.8) is 0 Å². The largest absolute Gasteiger partial charge is 0.486 e. The van der Waals surface area contributed by atoms with Crippen LogP contribution in [-0.4, -0.2) is 61.2 Å². The SMILES string of the molecule is O=C(OCCOc1ccccc1OC(=O)C(F)(F)C(F)(F)C(F)(F)F)C(F)(F)C(F)(F)C(F)(F)F. The fourth-order valence-corrected chi connectivity index (χ4v) is 1.81. The molecule has 0 heterocycles. The number of ether oxygens (including phenoxy) is 3. The number of para-hydroxylation sites is 2. The molecule has 0 unspecified atom stereocenters. The average molecular weight is 546 g/mol. The van der Waals surface area contributed by atoms with Gasteiger partial charge in [-0.3, -0.25) is 0 Å². The predicted octanol–water partition coefficient (Wildman–Crippen LogP) is 5.18. The fraction of sp³-hybridized carbons (Fsp3) is 0.500. The van der Waals surface area contributed by atoms with E-state index in [-0.39, 0.29) is 0 Å². The Morgan fingerprint density at radius 2 is 1.00 bits per heavy atom. The summed E-state index contributed by atoms with van der Waals surface area (Å²) in [5, 5.41) is 0. The lowest BCUT2D eigenvalue weighted by atomic mass is 10.1. The first-order chi connectivity index (χ1) is 15.5. The molecular weight excluding hydrogens is 538 g/mol. The minimum Gasteiger partial charge on any atom is -0.486 e. The molecule has 0 aliphatic heterocycles. The van der Waals surface area contributed by atoms with Gasteiger partial charge in [-0.2, -0.15) is 61.5 Å². The molecule has 200 valence electrons. The molecule has 0 aromatic heterocycles. The van der Waals surface area contributed by atoms with E-state index in [0.29, 0.717) is 12.1 Å². The molecule has 0 aliphatic carbocycles. The molecule has 0 fully saturated rings.